The quantitative estimate of drug-likeness (QED) is 0.334. The molecule has 0 spiro atoms. The molecule has 1 aromatic carbocycles. The first-order valence-electron chi connectivity index (χ1n) is 13.0. The fraction of sp³-hybridized carbons (Fsp3) is 0.536. The van der Waals surface area contributed by atoms with Gasteiger partial charge in [-0.05, 0) is 44.4 Å². The first-order chi connectivity index (χ1) is 17.7. The van der Waals surface area contributed by atoms with E-state index in [0.29, 0.717) is 38.3 Å². The van der Waals surface area contributed by atoms with E-state index in [2.05, 4.69) is 40.9 Å². The number of benzene rings is 1. The highest BCUT2D eigenvalue weighted by atomic mass is 16.5. The molecule has 0 aliphatic carbocycles. The highest BCUT2D eigenvalue weighted by Crippen LogP contribution is 2.33. The fourth-order valence-corrected chi connectivity index (χ4v) is 4.11. The van der Waals surface area contributed by atoms with E-state index in [-0.39, 0.29) is 11.3 Å². The molecular weight excluding hydrogens is 470 g/mol. The number of rotatable bonds is 11. The molecule has 0 bridgehead atoms. The van der Waals surface area contributed by atoms with Crippen LogP contribution in [0.15, 0.2) is 41.2 Å². The van der Waals surface area contributed by atoms with Crippen molar-refractivity contribution >= 4 is 11.6 Å². The van der Waals surface area contributed by atoms with Gasteiger partial charge in [0.1, 0.15) is 0 Å². The monoisotopic (exact) mass is 507 g/mol. The molecule has 1 aliphatic heterocycles. The number of carbonyl (C=O) groups is 1. The van der Waals surface area contributed by atoms with Gasteiger partial charge in [-0.25, -0.2) is 9.97 Å². The van der Waals surface area contributed by atoms with Gasteiger partial charge in [-0.15, -0.1) is 0 Å². The summed E-state index contributed by atoms with van der Waals surface area (Å²) in [6.07, 6.45) is 6.93. The summed E-state index contributed by atoms with van der Waals surface area (Å²) >= 11 is 0. The number of nitrogens with zero attached hydrogens (tertiary/aromatic N) is 5. The molecule has 1 aliphatic rings. The molecule has 37 heavy (non-hydrogen) atoms. The molecule has 3 aromatic rings. The Morgan fingerprint density at radius 2 is 1.86 bits per heavy atom. The molecule has 0 radical (unpaired) electrons. The lowest BCUT2D eigenvalue weighted by Gasteiger charge is -2.40. The maximum Gasteiger partial charge on any atom is 0.316 e. The Hall–Kier alpha value is -3.33. The number of aromatic nitrogens is 4. The van der Waals surface area contributed by atoms with Crippen molar-refractivity contribution in [2.24, 2.45) is 5.41 Å². The van der Waals surface area contributed by atoms with Gasteiger partial charge in [0.2, 0.25) is 11.8 Å². The van der Waals surface area contributed by atoms with Crippen LogP contribution in [0, 0.1) is 5.41 Å². The number of unbranched alkanes of at least 4 members (excludes halogenated alkanes) is 2. The van der Waals surface area contributed by atoms with Crippen LogP contribution in [0.5, 0.6) is 6.01 Å². The standard InChI is InChI=1S/C28H37N5O4/c1-6-36-26-29-16-21(17-30-26)20-11-10-12-22(15-20)33(25(34)28(5)18-35-19-28)14-9-7-8-13-23-31-24(32-37-23)27(2,3)4/h10-12,15-17H,6-9,13-14,18-19H2,1-5H3. The Kier molecular flexibility index (Phi) is 8.22. The van der Waals surface area contributed by atoms with Gasteiger partial charge in [0.15, 0.2) is 5.82 Å². The molecule has 0 unspecified atom stereocenters. The number of aryl methyl sites for hydroxylation is 1. The van der Waals surface area contributed by atoms with Crippen molar-refractivity contribution in [3.63, 3.8) is 0 Å². The minimum atomic E-state index is -0.495. The molecule has 9 nitrogen and oxygen atoms in total. The zero-order valence-corrected chi connectivity index (χ0v) is 22.5. The molecule has 1 amide bonds. The van der Waals surface area contributed by atoms with Crippen LogP contribution in [-0.4, -0.2) is 52.4 Å². The number of carbonyl (C=O) groups excluding carboxylic acids is 1. The van der Waals surface area contributed by atoms with Crippen molar-refractivity contribution in [3.8, 4) is 17.1 Å². The van der Waals surface area contributed by atoms with Gasteiger partial charge in [-0.3, -0.25) is 4.79 Å². The topological polar surface area (TPSA) is 103 Å². The maximum atomic E-state index is 13.6. The van der Waals surface area contributed by atoms with E-state index in [4.69, 9.17) is 14.0 Å². The molecule has 0 saturated carbocycles. The van der Waals surface area contributed by atoms with Crippen LogP contribution in [0.1, 0.15) is 65.6 Å². The van der Waals surface area contributed by atoms with Crippen molar-refractivity contribution in [1.82, 2.24) is 20.1 Å². The number of hydrogen-bond donors (Lipinski definition) is 0. The van der Waals surface area contributed by atoms with Crippen LogP contribution in [0.3, 0.4) is 0 Å². The van der Waals surface area contributed by atoms with Crippen molar-refractivity contribution in [2.75, 3.05) is 31.3 Å². The lowest BCUT2D eigenvalue weighted by molar-refractivity contribution is -0.154. The second-order valence-electron chi connectivity index (χ2n) is 10.8. The SMILES string of the molecule is CCOc1ncc(-c2cccc(N(CCCCCc3nc(C(C)(C)C)no3)C(=O)C3(C)COC3)c2)cn1. The van der Waals surface area contributed by atoms with Crippen molar-refractivity contribution in [3.05, 3.63) is 48.4 Å². The number of hydrogen-bond acceptors (Lipinski definition) is 8. The summed E-state index contributed by atoms with van der Waals surface area (Å²) < 4.78 is 16.2. The van der Waals surface area contributed by atoms with E-state index in [0.717, 1.165) is 48.3 Å². The van der Waals surface area contributed by atoms with E-state index in [1.165, 1.54) is 0 Å². The summed E-state index contributed by atoms with van der Waals surface area (Å²) in [6, 6.07) is 8.31. The Bertz CT molecular complexity index is 1180. The zero-order valence-electron chi connectivity index (χ0n) is 22.5. The van der Waals surface area contributed by atoms with Gasteiger partial charge in [0.05, 0.1) is 25.2 Å². The van der Waals surface area contributed by atoms with E-state index < -0.39 is 5.41 Å². The van der Waals surface area contributed by atoms with Gasteiger partial charge < -0.3 is 18.9 Å². The molecule has 4 rings (SSSR count). The summed E-state index contributed by atoms with van der Waals surface area (Å²) in [4.78, 5) is 28.5. The average Bonchev–Trinajstić information content (AvgIpc) is 3.35. The molecule has 1 fully saturated rings. The van der Waals surface area contributed by atoms with Gasteiger partial charge >= 0.3 is 6.01 Å². The predicted octanol–water partition coefficient (Wildman–Crippen LogP) is 5.01. The second-order valence-corrected chi connectivity index (χ2v) is 10.8. The predicted molar refractivity (Wildman–Crippen MR) is 140 cm³/mol. The van der Waals surface area contributed by atoms with E-state index in [1.807, 2.05) is 43.0 Å². The molecule has 9 heteroatoms. The number of ether oxygens (including phenoxy) is 2. The first kappa shape index (κ1) is 26.7. The number of anilines is 1. The van der Waals surface area contributed by atoms with Crippen molar-refractivity contribution in [2.45, 2.75) is 65.7 Å². The lowest BCUT2D eigenvalue weighted by Crippen LogP contribution is -2.53. The molecular formula is C28H37N5O4. The lowest BCUT2D eigenvalue weighted by atomic mass is 9.86. The Morgan fingerprint density at radius 1 is 1.11 bits per heavy atom. The largest absolute Gasteiger partial charge is 0.464 e. The highest BCUT2D eigenvalue weighted by molar-refractivity contribution is 5.98. The fourth-order valence-electron chi connectivity index (χ4n) is 4.11. The molecule has 0 atom stereocenters. The van der Waals surface area contributed by atoms with Gasteiger partial charge in [-0.1, -0.05) is 44.5 Å². The third-order valence-electron chi connectivity index (χ3n) is 6.41. The normalized spacial score (nSPS) is 14.7. The summed E-state index contributed by atoms with van der Waals surface area (Å²) in [5, 5.41) is 4.10. The van der Waals surface area contributed by atoms with Gasteiger partial charge in [0, 0.05) is 42.0 Å². The minimum Gasteiger partial charge on any atom is -0.464 e. The average molecular weight is 508 g/mol. The Morgan fingerprint density at radius 3 is 2.49 bits per heavy atom. The Labute approximate surface area is 218 Å². The van der Waals surface area contributed by atoms with Crippen LogP contribution in [0.4, 0.5) is 5.69 Å². The van der Waals surface area contributed by atoms with Gasteiger partial charge in [0.25, 0.3) is 0 Å². The van der Waals surface area contributed by atoms with Crippen molar-refractivity contribution < 1.29 is 18.8 Å². The highest BCUT2D eigenvalue weighted by Gasteiger charge is 2.43. The van der Waals surface area contributed by atoms with Crippen molar-refractivity contribution in [1.29, 1.82) is 0 Å². The molecule has 3 heterocycles. The van der Waals surface area contributed by atoms with E-state index in [9.17, 15) is 4.79 Å². The van der Waals surface area contributed by atoms with Crippen LogP contribution < -0.4 is 9.64 Å². The summed E-state index contributed by atoms with van der Waals surface area (Å²) in [5.74, 6) is 1.49. The Balaban J connectivity index is 1.42. The van der Waals surface area contributed by atoms with Crippen LogP contribution in [-0.2, 0) is 21.4 Å². The number of amides is 1. The summed E-state index contributed by atoms with van der Waals surface area (Å²) in [7, 11) is 0. The van der Waals surface area contributed by atoms with E-state index in [1.54, 1.807) is 12.4 Å². The zero-order chi connectivity index (χ0) is 26.5. The smallest absolute Gasteiger partial charge is 0.316 e. The van der Waals surface area contributed by atoms with E-state index >= 15 is 0 Å². The molecule has 198 valence electrons. The second kappa shape index (κ2) is 11.4. The third-order valence-corrected chi connectivity index (χ3v) is 6.41. The first-order valence-corrected chi connectivity index (χ1v) is 13.0. The summed E-state index contributed by atoms with van der Waals surface area (Å²) in [5.41, 5.74) is 2.04. The maximum absolute atomic E-state index is 13.6. The van der Waals surface area contributed by atoms with Crippen LogP contribution >= 0.6 is 0 Å². The van der Waals surface area contributed by atoms with Gasteiger partial charge in [-0.2, -0.15) is 4.98 Å². The summed E-state index contributed by atoms with van der Waals surface area (Å²) in [6.45, 7) is 12.1. The molecule has 0 N–H and O–H groups in total. The molecule has 2 aromatic heterocycles. The van der Waals surface area contributed by atoms with Crippen LogP contribution in [0.2, 0.25) is 0 Å². The molecule has 1 saturated heterocycles. The minimum absolute atomic E-state index is 0.0885. The third kappa shape index (κ3) is 6.52. The van der Waals surface area contributed by atoms with Crippen LogP contribution in [0.25, 0.3) is 11.1 Å².